The van der Waals surface area contributed by atoms with Gasteiger partial charge in [0, 0.05) is 33.1 Å². The van der Waals surface area contributed by atoms with Crippen molar-refractivity contribution < 1.29 is 9.47 Å². The molecule has 14 heavy (non-hydrogen) atoms. The second-order valence-corrected chi connectivity index (χ2v) is 2.61. The SMILES string of the molecule is C=C(COCCCCOC)NC.CC. The highest BCUT2D eigenvalue weighted by molar-refractivity contribution is 4.88. The van der Waals surface area contributed by atoms with Crippen molar-refractivity contribution in [1.29, 1.82) is 0 Å². The number of rotatable bonds is 8. The summed E-state index contributed by atoms with van der Waals surface area (Å²) in [6, 6.07) is 0. The molecular formula is C11H25NO2. The molecule has 0 atom stereocenters. The van der Waals surface area contributed by atoms with Crippen molar-refractivity contribution in [3.63, 3.8) is 0 Å². The van der Waals surface area contributed by atoms with Gasteiger partial charge in [0.2, 0.25) is 0 Å². The summed E-state index contributed by atoms with van der Waals surface area (Å²) in [5.74, 6) is 0. The van der Waals surface area contributed by atoms with Gasteiger partial charge in [0.05, 0.1) is 6.61 Å². The van der Waals surface area contributed by atoms with Gasteiger partial charge in [-0.25, -0.2) is 0 Å². The van der Waals surface area contributed by atoms with Gasteiger partial charge in [0.1, 0.15) is 0 Å². The molecule has 0 aromatic heterocycles. The standard InChI is InChI=1S/C9H19NO2.C2H6/c1-9(10-2)8-12-7-5-4-6-11-3;1-2/h10H,1,4-8H2,2-3H3;1-2H3. The summed E-state index contributed by atoms with van der Waals surface area (Å²) < 4.78 is 10.2. The Morgan fingerprint density at radius 1 is 1.21 bits per heavy atom. The highest BCUT2D eigenvalue weighted by Gasteiger charge is 1.91. The van der Waals surface area contributed by atoms with E-state index in [1.165, 1.54) is 0 Å². The van der Waals surface area contributed by atoms with Gasteiger partial charge in [-0.1, -0.05) is 20.4 Å². The molecule has 0 bridgehead atoms. The fourth-order valence-electron chi connectivity index (χ4n) is 0.718. The monoisotopic (exact) mass is 203 g/mol. The van der Waals surface area contributed by atoms with Crippen LogP contribution in [0.15, 0.2) is 12.3 Å². The van der Waals surface area contributed by atoms with Crippen LogP contribution in [0.2, 0.25) is 0 Å². The molecule has 0 fully saturated rings. The second-order valence-electron chi connectivity index (χ2n) is 2.61. The Balaban J connectivity index is 0. The lowest BCUT2D eigenvalue weighted by molar-refractivity contribution is 0.133. The molecule has 0 radical (unpaired) electrons. The van der Waals surface area contributed by atoms with Crippen molar-refractivity contribution in [3.05, 3.63) is 12.3 Å². The summed E-state index contributed by atoms with van der Waals surface area (Å²) >= 11 is 0. The van der Waals surface area contributed by atoms with Crippen molar-refractivity contribution in [2.75, 3.05) is 34.0 Å². The second kappa shape index (κ2) is 15.0. The third-order valence-electron chi connectivity index (χ3n) is 1.52. The van der Waals surface area contributed by atoms with Crippen molar-refractivity contribution in [2.45, 2.75) is 26.7 Å². The highest BCUT2D eigenvalue weighted by Crippen LogP contribution is 1.92. The van der Waals surface area contributed by atoms with Gasteiger partial charge < -0.3 is 14.8 Å². The van der Waals surface area contributed by atoms with Crippen molar-refractivity contribution in [3.8, 4) is 0 Å². The van der Waals surface area contributed by atoms with Crippen molar-refractivity contribution in [1.82, 2.24) is 5.32 Å². The lowest BCUT2D eigenvalue weighted by Gasteiger charge is -2.05. The normalized spacial score (nSPS) is 8.86. The van der Waals surface area contributed by atoms with Gasteiger partial charge in [-0.15, -0.1) is 0 Å². The fourth-order valence-corrected chi connectivity index (χ4v) is 0.718. The van der Waals surface area contributed by atoms with E-state index in [9.17, 15) is 0 Å². The first kappa shape index (κ1) is 15.9. The molecule has 0 aliphatic heterocycles. The molecule has 1 N–H and O–H groups in total. The van der Waals surface area contributed by atoms with E-state index in [1.807, 2.05) is 20.9 Å². The molecule has 0 aromatic rings. The molecule has 0 saturated heterocycles. The topological polar surface area (TPSA) is 30.5 Å². The number of nitrogens with one attached hydrogen (secondary N) is 1. The molecule has 0 aliphatic rings. The van der Waals surface area contributed by atoms with E-state index in [4.69, 9.17) is 9.47 Å². The van der Waals surface area contributed by atoms with E-state index < -0.39 is 0 Å². The van der Waals surface area contributed by atoms with Gasteiger partial charge in [-0.2, -0.15) is 0 Å². The molecule has 0 rings (SSSR count). The summed E-state index contributed by atoms with van der Waals surface area (Å²) in [5.41, 5.74) is 0.918. The van der Waals surface area contributed by atoms with E-state index in [-0.39, 0.29) is 0 Å². The third-order valence-corrected chi connectivity index (χ3v) is 1.52. The van der Waals surface area contributed by atoms with Crippen LogP contribution in [0.4, 0.5) is 0 Å². The molecule has 0 amide bonds. The molecule has 0 spiro atoms. The predicted octanol–water partition coefficient (Wildman–Crippen LogP) is 2.19. The molecule has 0 aliphatic carbocycles. The Morgan fingerprint density at radius 2 is 1.79 bits per heavy atom. The minimum Gasteiger partial charge on any atom is -0.390 e. The van der Waals surface area contributed by atoms with Gasteiger partial charge in [0.25, 0.3) is 0 Å². The molecule has 3 heteroatoms. The van der Waals surface area contributed by atoms with Gasteiger partial charge >= 0.3 is 0 Å². The zero-order chi connectivity index (χ0) is 11.2. The van der Waals surface area contributed by atoms with Gasteiger partial charge in [-0.05, 0) is 12.8 Å². The maximum atomic E-state index is 5.32. The summed E-state index contributed by atoms with van der Waals surface area (Å²) in [6.45, 7) is 9.94. The fraction of sp³-hybridized carbons (Fsp3) is 0.818. The number of hydrogen-bond acceptors (Lipinski definition) is 3. The molecule has 3 nitrogen and oxygen atoms in total. The highest BCUT2D eigenvalue weighted by atomic mass is 16.5. The molecule has 0 heterocycles. The quantitative estimate of drug-likeness (QED) is 0.613. The number of methoxy groups -OCH3 is 1. The number of hydrogen-bond donors (Lipinski definition) is 1. The maximum absolute atomic E-state index is 5.32. The largest absolute Gasteiger partial charge is 0.390 e. The molecule has 0 saturated carbocycles. The van der Waals surface area contributed by atoms with Crippen LogP contribution in [0.25, 0.3) is 0 Å². The van der Waals surface area contributed by atoms with Crippen LogP contribution >= 0.6 is 0 Å². The van der Waals surface area contributed by atoms with Crippen LogP contribution in [0, 0.1) is 0 Å². The Bertz CT molecular complexity index is 116. The van der Waals surface area contributed by atoms with Crippen LogP contribution in [-0.4, -0.2) is 34.0 Å². The third kappa shape index (κ3) is 14.0. The summed E-state index contributed by atoms with van der Waals surface area (Å²) in [6.07, 6.45) is 2.10. The number of unbranched alkanes of at least 4 members (excludes halogenated alkanes) is 1. The van der Waals surface area contributed by atoms with Crippen molar-refractivity contribution in [2.24, 2.45) is 0 Å². The molecule has 0 aromatic carbocycles. The smallest absolute Gasteiger partial charge is 0.0856 e. The van der Waals surface area contributed by atoms with E-state index in [2.05, 4.69) is 11.9 Å². The summed E-state index contributed by atoms with van der Waals surface area (Å²) in [7, 11) is 3.56. The van der Waals surface area contributed by atoms with Crippen LogP contribution in [-0.2, 0) is 9.47 Å². The molecular weight excluding hydrogens is 178 g/mol. The van der Waals surface area contributed by atoms with Crippen LogP contribution in [0.5, 0.6) is 0 Å². The minimum atomic E-state index is 0.601. The van der Waals surface area contributed by atoms with Crippen LogP contribution in [0.3, 0.4) is 0 Å². The lowest BCUT2D eigenvalue weighted by atomic mass is 10.3. The average molecular weight is 203 g/mol. The predicted molar refractivity (Wildman–Crippen MR) is 61.5 cm³/mol. The number of ether oxygens (including phenoxy) is 2. The van der Waals surface area contributed by atoms with Crippen LogP contribution < -0.4 is 5.32 Å². The Kier molecular flexibility index (Phi) is 17.0. The number of likely N-dealkylation sites (N-methyl/N-ethyl adjacent to an activating group) is 1. The average Bonchev–Trinajstić information content (AvgIpc) is 2.25. The first-order chi connectivity index (χ1) is 6.81. The van der Waals surface area contributed by atoms with E-state index in [0.29, 0.717) is 6.61 Å². The van der Waals surface area contributed by atoms with Crippen LogP contribution in [0.1, 0.15) is 26.7 Å². The summed E-state index contributed by atoms with van der Waals surface area (Å²) in [5, 5.41) is 2.92. The summed E-state index contributed by atoms with van der Waals surface area (Å²) in [4.78, 5) is 0. The first-order valence-electron chi connectivity index (χ1n) is 5.23. The zero-order valence-corrected chi connectivity index (χ0v) is 10.1. The van der Waals surface area contributed by atoms with Gasteiger partial charge in [-0.3, -0.25) is 0 Å². The van der Waals surface area contributed by atoms with Crippen molar-refractivity contribution >= 4 is 0 Å². The molecule has 0 unspecified atom stereocenters. The van der Waals surface area contributed by atoms with Gasteiger partial charge in [0.15, 0.2) is 0 Å². The zero-order valence-electron chi connectivity index (χ0n) is 10.1. The lowest BCUT2D eigenvalue weighted by Crippen LogP contribution is -2.11. The Hall–Kier alpha value is -0.540. The Morgan fingerprint density at radius 3 is 2.29 bits per heavy atom. The van der Waals surface area contributed by atoms with E-state index in [1.54, 1.807) is 7.11 Å². The van der Waals surface area contributed by atoms with E-state index >= 15 is 0 Å². The minimum absolute atomic E-state index is 0.601. The molecule has 86 valence electrons. The Labute approximate surface area is 88.5 Å². The van der Waals surface area contributed by atoms with E-state index in [0.717, 1.165) is 31.8 Å². The first-order valence-corrected chi connectivity index (χ1v) is 5.23. The maximum Gasteiger partial charge on any atom is 0.0856 e.